The second-order valence-electron chi connectivity index (χ2n) is 6.02. The van der Waals surface area contributed by atoms with Crippen LogP contribution in [0.2, 0.25) is 10.0 Å². The van der Waals surface area contributed by atoms with Crippen molar-refractivity contribution in [2.45, 2.75) is 22.9 Å². The maximum Gasteiger partial charge on any atom is 0.310 e. The lowest BCUT2D eigenvalue weighted by Gasteiger charge is -2.40. The van der Waals surface area contributed by atoms with Crippen molar-refractivity contribution in [2.75, 3.05) is 5.73 Å². The van der Waals surface area contributed by atoms with E-state index in [1.54, 1.807) is 0 Å². The number of hydrogen-bond acceptors (Lipinski definition) is 3. The molecule has 1 fully saturated rings. The summed E-state index contributed by atoms with van der Waals surface area (Å²) >= 11 is 11.2. The summed E-state index contributed by atoms with van der Waals surface area (Å²) in [6, 6.07) is 1.01. The fourth-order valence-corrected chi connectivity index (χ4v) is 4.03. The molecule has 1 saturated carbocycles. The fourth-order valence-electron chi connectivity index (χ4n) is 2.57. The molecule has 1 aromatic heterocycles. The summed E-state index contributed by atoms with van der Waals surface area (Å²) < 4.78 is 106. The second-order valence-corrected chi connectivity index (χ2v) is 9.24. The van der Waals surface area contributed by atoms with Gasteiger partial charge in [-0.2, -0.15) is 10.4 Å². The van der Waals surface area contributed by atoms with Crippen molar-refractivity contribution in [3.63, 3.8) is 0 Å². The molecule has 2 N–H and O–H groups in total. The molecule has 0 saturated heterocycles. The van der Waals surface area contributed by atoms with E-state index in [0.717, 1.165) is 0 Å². The van der Waals surface area contributed by atoms with Crippen LogP contribution in [0.3, 0.4) is 0 Å². The van der Waals surface area contributed by atoms with Gasteiger partial charge < -0.3 is 5.73 Å². The third-order valence-electron chi connectivity index (χ3n) is 3.99. The van der Waals surface area contributed by atoms with E-state index in [2.05, 4.69) is 5.10 Å². The normalized spacial score (nSPS) is 23.6. The number of aromatic nitrogens is 2. The largest absolute Gasteiger partial charge is 0.383 e. The number of benzene rings is 1. The summed E-state index contributed by atoms with van der Waals surface area (Å²) in [4.78, 5) is -2.42. The molecule has 0 spiro atoms. The van der Waals surface area contributed by atoms with E-state index in [-0.39, 0.29) is 12.1 Å². The Bertz CT molecular complexity index is 1050. The maximum atomic E-state index is 14.4. The third kappa shape index (κ3) is 3.03. The molecule has 154 valence electrons. The van der Waals surface area contributed by atoms with Gasteiger partial charge in [0, 0.05) is 0 Å². The van der Waals surface area contributed by atoms with Gasteiger partial charge in [0.1, 0.15) is 22.5 Å². The summed E-state index contributed by atoms with van der Waals surface area (Å²) in [7, 11) is -10.1. The van der Waals surface area contributed by atoms with E-state index >= 15 is 0 Å². The van der Waals surface area contributed by atoms with Crippen molar-refractivity contribution >= 4 is 39.2 Å². The Labute approximate surface area is 161 Å². The highest BCUT2D eigenvalue weighted by Crippen LogP contribution is 3.02. The molecule has 15 heteroatoms. The van der Waals surface area contributed by atoms with Crippen LogP contribution in [0.4, 0.5) is 38.4 Å². The van der Waals surface area contributed by atoms with Crippen molar-refractivity contribution in [2.24, 2.45) is 0 Å². The Hall–Kier alpha value is -1.91. The monoisotopic (exact) mass is 472 g/mol. The first kappa shape index (κ1) is 20.8. The Morgan fingerprint density at radius 1 is 1.11 bits per heavy atom. The minimum atomic E-state index is -10.1. The highest BCUT2D eigenvalue weighted by molar-refractivity contribution is 8.45. The van der Waals surface area contributed by atoms with Crippen LogP contribution in [0.1, 0.15) is 17.7 Å². The van der Waals surface area contributed by atoms with Gasteiger partial charge in [0.25, 0.3) is 5.92 Å². The molecule has 1 aromatic carbocycles. The molecule has 2 aromatic rings. The van der Waals surface area contributed by atoms with E-state index in [4.69, 9.17) is 34.2 Å². The quantitative estimate of drug-likeness (QED) is 0.518. The van der Waals surface area contributed by atoms with Gasteiger partial charge in [-0.05, 0) is 12.1 Å². The van der Waals surface area contributed by atoms with Crippen molar-refractivity contribution in [3.8, 4) is 11.8 Å². The average molecular weight is 473 g/mol. The number of nitriles is 1. The summed E-state index contributed by atoms with van der Waals surface area (Å²) in [6.45, 7) is 0. The Morgan fingerprint density at radius 3 is 1.93 bits per heavy atom. The number of nitrogens with zero attached hydrogens (tertiary/aromatic N) is 3. The van der Waals surface area contributed by atoms with Gasteiger partial charge in [0.15, 0.2) is 5.69 Å². The first-order valence-electron chi connectivity index (χ1n) is 6.92. The summed E-state index contributed by atoms with van der Waals surface area (Å²) in [5.41, 5.74) is -0.353. The smallest absolute Gasteiger partial charge is 0.310 e. The molecule has 3 rings (SSSR count). The Balaban J connectivity index is 2.25. The summed E-state index contributed by atoms with van der Waals surface area (Å²) in [5, 5.41) is 10.4. The van der Waals surface area contributed by atoms with E-state index in [1.807, 2.05) is 0 Å². The first-order chi connectivity index (χ1) is 12.3. The minimum Gasteiger partial charge on any atom is -0.383 e. The molecular formula is C13H6Cl2F8N4S. The van der Waals surface area contributed by atoms with Crippen molar-refractivity contribution in [1.29, 1.82) is 5.26 Å². The number of nitrogen functional groups attached to an aromatic ring is 1. The molecule has 4 nitrogen and oxygen atoms in total. The SMILES string of the molecule is N#Cc1nn(-c2c(Cl)cc(S(F)(F)(F)(F)F)cc2Cl)c(N)c1C1(F)CC1(F)F. The highest BCUT2D eigenvalue weighted by Gasteiger charge is 2.76. The van der Waals surface area contributed by atoms with Crippen LogP contribution >= 0.6 is 33.4 Å². The zero-order valence-corrected chi connectivity index (χ0v) is 15.3. The van der Waals surface area contributed by atoms with Crippen LogP contribution in [-0.4, -0.2) is 15.7 Å². The van der Waals surface area contributed by atoms with Crippen LogP contribution in [0, 0.1) is 11.3 Å². The van der Waals surface area contributed by atoms with Gasteiger partial charge in [0.05, 0.1) is 22.0 Å². The van der Waals surface area contributed by atoms with Gasteiger partial charge >= 0.3 is 10.2 Å². The zero-order valence-electron chi connectivity index (χ0n) is 13.0. The molecule has 1 aliphatic rings. The molecule has 0 bridgehead atoms. The predicted octanol–water partition coefficient (Wildman–Crippen LogP) is 6.49. The summed E-state index contributed by atoms with van der Waals surface area (Å²) in [5.74, 6) is -4.74. The van der Waals surface area contributed by atoms with Crippen molar-refractivity contribution in [1.82, 2.24) is 9.78 Å². The fraction of sp³-hybridized carbons (Fsp3) is 0.231. The number of hydrogen-bond donors (Lipinski definition) is 1. The van der Waals surface area contributed by atoms with E-state index in [0.29, 0.717) is 4.68 Å². The molecule has 1 heterocycles. The maximum absolute atomic E-state index is 14.4. The molecular weight excluding hydrogens is 467 g/mol. The second kappa shape index (κ2) is 4.98. The van der Waals surface area contributed by atoms with Gasteiger partial charge in [-0.3, -0.25) is 0 Å². The van der Waals surface area contributed by atoms with Gasteiger partial charge in [-0.15, -0.1) is 0 Å². The molecule has 0 amide bonds. The molecule has 0 radical (unpaired) electrons. The Morgan fingerprint density at radius 2 is 1.57 bits per heavy atom. The van der Waals surface area contributed by atoms with Gasteiger partial charge in [0.2, 0.25) is 5.67 Å². The average Bonchev–Trinajstić information content (AvgIpc) is 2.82. The van der Waals surface area contributed by atoms with Gasteiger partial charge in [-0.1, -0.05) is 42.6 Å². The predicted molar refractivity (Wildman–Crippen MR) is 86.5 cm³/mol. The number of alkyl halides is 3. The van der Waals surface area contributed by atoms with E-state index in [1.165, 1.54) is 6.07 Å². The standard InChI is InChI=1S/C13H6Cl2F8N4S/c14-6-1-5(28(19,20,21,22)23)2-7(15)10(6)27-11(25)9(8(3-24)26-27)12(16)4-13(12,17)18/h1-2H,4,25H2. The molecule has 28 heavy (non-hydrogen) atoms. The van der Waals surface area contributed by atoms with Crippen molar-refractivity contribution < 1.29 is 32.6 Å². The first-order valence-corrected chi connectivity index (χ1v) is 9.62. The number of nitrogens with two attached hydrogens (primary N) is 1. The lowest BCUT2D eigenvalue weighted by molar-refractivity contribution is 0.0422. The molecule has 1 atom stereocenters. The lowest BCUT2D eigenvalue weighted by atomic mass is 10.1. The van der Waals surface area contributed by atoms with Crippen LogP contribution < -0.4 is 5.73 Å². The minimum absolute atomic E-state index is 0.159. The van der Waals surface area contributed by atoms with Crippen LogP contribution in [-0.2, 0) is 5.67 Å². The molecule has 0 aliphatic heterocycles. The molecule has 1 aliphatic carbocycles. The molecule has 1 unspecified atom stereocenters. The lowest BCUT2D eigenvalue weighted by Crippen LogP contribution is -2.14. The summed E-state index contributed by atoms with van der Waals surface area (Å²) in [6.07, 6.45) is -1.30. The van der Waals surface area contributed by atoms with Crippen molar-refractivity contribution in [3.05, 3.63) is 33.4 Å². The van der Waals surface area contributed by atoms with E-state index in [9.17, 15) is 32.6 Å². The highest BCUT2D eigenvalue weighted by atomic mass is 35.5. The van der Waals surface area contributed by atoms with Gasteiger partial charge in [-0.25, -0.2) is 17.9 Å². The van der Waals surface area contributed by atoms with E-state index < -0.39 is 65.9 Å². The third-order valence-corrected chi connectivity index (χ3v) is 5.69. The van der Waals surface area contributed by atoms with Crippen LogP contribution in [0.25, 0.3) is 5.69 Å². The number of anilines is 1. The van der Waals surface area contributed by atoms with Crippen LogP contribution in [0.5, 0.6) is 0 Å². The van der Waals surface area contributed by atoms with Crippen LogP contribution in [0.15, 0.2) is 17.0 Å². The Kier molecular flexibility index (Phi) is 3.70. The number of halogens is 10. The number of rotatable bonds is 3. The topological polar surface area (TPSA) is 67.6 Å². The zero-order chi connectivity index (χ0) is 21.6.